The Kier molecular flexibility index (Phi) is 4.60. The molecule has 0 bridgehead atoms. The molecule has 0 atom stereocenters. The molecule has 29 heavy (non-hydrogen) atoms. The molecule has 0 saturated heterocycles. The molecule has 0 unspecified atom stereocenters. The smallest absolute Gasteiger partial charge is 0.278 e. The van der Waals surface area contributed by atoms with Gasteiger partial charge in [0.05, 0.1) is 5.52 Å². The van der Waals surface area contributed by atoms with Gasteiger partial charge in [-0.15, -0.1) is 0 Å². The highest BCUT2D eigenvalue weighted by atomic mass is 32.2. The lowest BCUT2D eigenvalue weighted by Crippen LogP contribution is -2.30. The van der Waals surface area contributed by atoms with Crippen LogP contribution in [0, 0.1) is 0 Å². The van der Waals surface area contributed by atoms with Gasteiger partial charge >= 0.3 is 0 Å². The Morgan fingerprint density at radius 1 is 1.10 bits per heavy atom. The predicted octanol–water partition coefficient (Wildman–Crippen LogP) is 3.16. The van der Waals surface area contributed by atoms with Crippen LogP contribution in [-0.2, 0) is 24.4 Å². The molecular weight excluding hydrogens is 384 g/mol. The number of nitrogens with one attached hydrogen (secondary N) is 1. The minimum Gasteiger partial charge on any atom is -0.350 e. The number of aromatic nitrogens is 3. The van der Waals surface area contributed by atoms with E-state index >= 15 is 0 Å². The molecule has 1 aliphatic heterocycles. The fourth-order valence-corrected chi connectivity index (χ4v) is 4.78. The minimum atomic E-state index is -0.131. The molecule has 1 aliphatic rings. The number of hydrogen-bond donors (Lipinski definition) is 1. The molecule has 1 amide bonds. The number of para-hydroxylation sites is 1. The third-order valence-electron chi connectivity index (χ3n) is 5.22. The summed E-state index contributed by atoms with van der Waals surface area (Å²) >= 11 is 1.62. The van der Waals surface area contributed by atoms with Crippen LogP contribution in [-0.4, -0.2) is 25.8 Å². The van der Waals surface area contributed by atoms with Crippen molar-refractivity contribution in [2.75, 3.05) is 5.75 Å². The van der Waals surface area contributed by atoms with E-state index in [9.17, 15) is 9.59 Å². The highest BCUT2D eigenvalue weighted by Crippen LogP contribution is 2.29. The largest absolute Gasteiger partial charge is 0.350 e. The van der Waals surface area contributed by atoms with Crippen LogP contribution < -0.4 is 10.9 Å². The molecule has 0 fully saturated rings. The van der Waals surface area contributed by atoms with Gasteiger partial charge in [-0.3, -0.25) is 14.2 Å². The highest BCUT2D eigenvalue weighted by molar-refractivity contribution is 7.99. The van der Waals surface area contributed by atoms with Gasteiger partial charge in [0.25, 0.3) is 5.56 Å². The summed E-state index contributed by atoms with van der Waals surface area (Å²) in [7, 11) is 0. The van der Waals surface area contributed by atoms with Crippen LogP contribution in [0.2, 0.25) is 0 Å². The van der Waals surface area contributed by atoms with E-state index < -0.39 is 0 Å². The second-order valence-corrected chi connectivity index (χ2v) is 8.18. The van der Waals surface area contributed by atoms with Crippen molar-refractivity contribution in [2.24, 2.45) is 0 Å². The van der Waals surface area contributed by atoms with E-state index in [1.54, 1.807) is 16.3 Å². The first-order valence-corrected chi connectivity index (χ1v) is 10.7. The van der Waals surface area contributed by atoms with Crippen LogP contribution in [0.25, 0.3) is 21.9 Å². The Balaban J connectivity index is 1.57. The number of fused-ring (bicyclic) bond motifs is 4. The normalized spacial score (nSPS) is 13.5. The van der Waals surface area contributed by atoms with Gasteiger partial charge in [-0.25, -0.2) is 4.98 Å². The zero-order chi connectivity index (χ0) is 19.8. The fraction of sp³-hybridized carbons (Fsp3) is 0.227. The molecule has 1 N–H and O–H groups in total. The summed E-state index contributed by atoms with van der Waals surface area (Å²) < 4.78 is 3.56. The molecular formula is C22H20N4O2S. The van der Waals surface area contributed by atoms with Gasteiger partial charge in [0, 0.05) is 24.2 Å². The first kappa shape index (κ1) is 18.0. The van der Waals surface area contributed by atoms with Crippen LogP contribution >= 0.6 is 11.8 Å². The SMILES string of the molecule is O=C(Cn1c2ccccc2c2nc3n(c(=O)c21)CCCS3)NCc1ccccc1. The molecule has 5 rings (SSSR count). The summed E-state index contributed by atoms with van der Waals surface area (Å²) in [6.45, 7) is 1.21. The van der Waals surface area contributed by atoms with Crippen LogP contribution in [0.4, 0.5) is 0 Å². The van der Waals surface area contributed by atoms with Gasteiger partial charge in [-0.05, 0) is 18.1 Å². The molecule has 4 aromatic rings. The van der Waals surface area contributed by atoms with E-state index in [-0.39, 0.29) is 18.0 Å². The Hall–Kier alpha value is -3.06. The maximum absolute atomic E-state index is 13.3. The molecule has 0 saturated carbocycles. The molecule has 7 heteroatoms. The average Bonchev–Trinajstić information content (AvgIpc) is 3.07. The van der Waals surface area contributed by atoms with E-state index in [2.05, 4.69) is 5.32 Å². The van der Waals surface area contributed by atoms with Crippen molar-refractivity contribution >= 4 is 39.6 Å². The van der Waals surface area contributed by atoms with Crippen molar-refractivity contribution < 1.29 is 4.79 Å². The van der Waals surface area contributed by atoms with Crippen LogP contribution in [0.3, 0.4) is 0 Å². The Morgan fingerprint density at radius 2 is 1.90 bits per heavy atom. The minimum absolute atomic E-state index is 0.0655. The summed E-state index contributed by atoms with van der Waals surface area (Å²) in [6.07, 6.45) is 0.947. The number of hydrogen-bond acceptors (Lipinski definition) is 4. The van der Waals surface area contributed by atoms with Crippen molar-refractivity contribution in [3.05, 3.63) is 70.5 Å². The van der Waals surface area contributed by atoms with Gasteiger partial charge in [-0.1, -0.05) is 60.3 Å². The molecule has 6 nitrogen and oxygen atoms in total. The molecule has 0 radical (unpaired) electrons. The second-order valence-electron chi connectivity index (χ2n) is 7.12. The highest BCUT2D eigenvalue weighted by Gasteiger charge is 2.22. The number of rotatable bonds is 4. The Morgan fingerprint density at radius 3 is 2.76 bits per heavy atom. The number of carbonyl (C=O) groups is 1. The molecule has 0 aliphatic carbocycles. The maximum Gasteiger partial charge on any atom is 0.278 e. The van der Waals surface area contributed by atoms with Gasteiger partial charge in [0.15, 0.2) is 5.16 Å². The van der Waals surface area contributed by atoms with Crippen LogP contribution in [0.5, 0.6) is 0 Å². The average molecular weight is 404 g/mol. The van der Waals surface area contributed by atoms with E-state index in [4.69, 9.17) is 4.98 Å². The standard InChI is InChI=1S/C22H20N4O2S/c27-18(23-13-15-7-2-1-3-8-15)14-26-17-10-5-4-9-16(17)19-20(26)21(28)25-11-6-12-29-22(25)24-19/h1-5,7-10H,6,11-14H2,(H,23,27). The van der Waals surface area contributed by atoms with Gasteiger partial charge in [0.1, 0.15) is 17.6 Å². The summed E-state index contributed by atoms with van der Waals surface area (Å²) in [6, 6.07) is 17.6. The predicted molar refractivity (Wildman–Crippen MR) is 115 cm³/mol. The molecule has 0 spiro atoms. The number of carbonyl (C=O) groups excluding carboxylic acids is 1. The fourth-order valence-electron chi connectivity index (χ4n) is 3.84. The van der Waals surface area contributed by atoms with Crippen molar-refractivity contribution in [3.63, 3.8) is 0 Å². The first-order chi connectivity index (χ1) is 14.2. The number of thioether (sulfide) groups is 1. The van der Waals surface area contributed by atoms with E-state index in [1.807, 2.05) is 59.2 Å². The zero-order valence-electron chi connectivity index (χ0n) is 15.8. The van der Waals surface area contributed by atoms with Gasteiger partial charge < -0.3 is 9.88 Å². The molecule has 3 heterocycles. The quantitative estimate of drug-likeness (QED) is 0.531. The summed E-state index contributed by atoms with van der Waals surface area (Å²) in [5, 5.41) is 4.63. The summed E-state index contributed by atoms with van der Waals surface area (Å²) in [4.78, 5) is 30.8. The number of benzene rings is 2. The van der Waals surface area contributed by atoms with Crippen molar-refractivity contribution in [2.45, 2.75) is 31.2 Å². The van der Waals surface area contributed by atoms with Crippen LogP contribution in [0.1, 0.15) is 12.0 Å². The molecule has 2 aromatic heterocycles. The summed E-state index contributed by atoms with van der Waals surface area (Å²) in [5.74, 6) is 0.839. The lowest BCUT2D eigenvalue weighted by atomic mass is 10.2. The third-order valence-corrected chi connectivity index (χ3v) is 6.28. The maximum atomic E-state index is 13.3. The van der Waals surface area contributed by atoms with Gasteiger partial charge in [0.2, 0.25) is 5.91 Å². The lowest BCUT2D eigenvalue weighted by molar-refractivity contribution is -0.121. The lowest BCUT2D eigenvalue weighted by Gasteiger charge is -2.17. The van der Waals surface area contributed by atoms with Crippen LogP contribution in [0.15, 0.2) is 64.5 Å². The first-order valence-electron chi connectivity index (χ1n) is 9.67. The van der Waals surface area contributed by atoms with Crippen molar-refractivity contribution in [1.82, 2.24) is 19.4 Å². The second kappa shape index (κ2) is 7.40. The zero-order valence-corrected chi connectivity index (χ0v) is 16.6. The number of amides is 1. The topological polar surface area (TPSA) is 68.9 Å². The molecule has 146 valence electrons. The van der Waals surface area contributed by atoms with Crippen molar-refractivity contribution in [1.29, 1.82) is 0 Å². The van der Waals surface area contributed by atoms with E-state index in [1.165, 1.54) is 0 Å². The van der Waals surface area contributed by atoms with Gasteiger partial charge in [-0.2, -0.15) is 0 Å². The van der Waals surface area contributed by atoms with E-state index in [0.29, 0.717) is 24.1 Å². The van der Waals surface area contributed by atoms with E-state index in [0.717, 1.165) is 33.8 Å². The monoisotopic (exact) mass is 404 g/mol. The number of nitrogens with zero attached hydrogens (tertiary/aromatic N) is 3. The summed E-state index contributed by atoms with van der Waals surface area (Å²) in [5.41, 5.74) is 3.02. The Labute approximate surface area is 171 Å². The molecule has 2 aromatic carbocycles. The van der Waals surface area contributed by atoms with Crippen molar-refractivity contribution in [3.8, 4) is 0 Å². The Bertz CT molecular complexity index is 1280. The third kappa shape index (κ3) is 3.21.